The summed E-state index contributed by atoms with van der Waals surface area (Å²) < 4.78 is 0. The molecule has 26 heavy (non-hydrogen) atoms. The largest absolute Gasteiger partial charge is 0.338 e. The van der Waals surface area contributed by atoms with E-state index in [4.69, 9.17) is 0 Å². The van der Waals surface area contributed by atoms with Crippen LogP contribution in [0.3, 0.4) is 0 Å². The van der Waals surface area contributed by atoms with E-state index in [-0.39, 0.29) is 17.4 Å². The molecule has 0 saturated carbocycles. The molecule has 2 rings (SSSR count). The Kier molecular flexibility index (Phi) is 6.39. The average Bonchev–Trinajstić information content (AvgIpc) is 2.59. The Bertz CT molecular complexity index is 762. The van der Waals surface area contributed by atoms with Crippen LogP contribution in [0, 0.1) is 0 Å². The van der Waals surface area contributed by atoms with E-state index in [2.05, 4.69) is 36.7 Å². The number of benzene rings is 2. The van der Waals surface area contributed by atoms with Crippen LogP contribution in [-0.4, -0.2) is 18.5 Å². The van der Waals surface area contributed by atoms with Crippen LogP contribution in [0.15, 0.2) is 48.5 Å². The molecule has 3 N–H and O–H groups in total. The Morgan fingerprint density at radius 1 is 0.923 bits per heavy atom. The molecule has 5 nitrogen and oxygen atoms in total. The first-order chi connectivity index (χ1) is 12.3. The fourth-order valence-corrected chi connectivity index (χ4v) is 2.41. The van der Waals surface area contributed by atoms with Crippen molar-refractivity contribution in [3.05, 3.63) is 59.7 Å². The summed E-state index contributed by atoms with van der Waals surface area (Å²) in [6.07, 6.45) is 0.873. The van der Waals surface area contributed by atoms with Gasteiger partial charge in [0.05, 0.1) is 0 Å². The predicted molar refractivity (Wildman–Crippen MR) is 107 cm³/mol. The van der Waals surface area contributed by atoms with Crippen molar-refractivity contribution in [2.24, 2.45) is 0 Å². The number of carbonyl (C=O) groups is 2. The third-order valence-electron chi connectivity index (χ3n) is 3.93. The first-order valence-corrected chi connectivity index (χ1v) is 8.86. The summed E-state index contributed by atoms with van der Waals surface area (Å²) in [5.41, 5.74) is 3.07. The zero-order valence-electron chi connectivity index (χ0n) is 15.8. The molecule has 0 aliphatic heterocycles. The Morgan fingerprint density at radius 2 is 1.54 bits per heavy atom. The van der Waals surface area contributed by atoms with Crippen LogP contribution in [0.2, 0.25) is 0 Å². The molecule has 2 aromatic carbocycles. The number of anilines is 2. The second-order valence-electron chi connectivity index (χ2n) is 7.24. The van der Waals surface area contributed by atoms with Gasteiger partial charge in [0.2, 0.25) is 0 Å². The van der Waals surface area contributed by atoms with Crippen molar-refractivity contribution in [2.75, 3.05) is 17.2 Å². The van der Waals surface area contributed by atoms with E-state index in [1.807, 2.05) is 31.2 Å². The van der Waals surface area contributed by atoms with Crippen LogP contribution in [-0.2, 0) is 5.41 Å². The van der Waals surface area contributed by atoms with E-state index < -0.39 is 0 Å². The SMILES string of the molecule is CCCNC(=O)Nc1cccc(NC(=O)c2ccc(C(C)(C)C)cc2)c1. The maximum atomic E-state index is 12.4. The van der Waals surface area contributed by atoms with E-state index in [0.717, 1.165) is 6.42 Å². The Labute approximate surface area is 155 Å². The van der Waals surface area contributed by atoms with Gasteiger partial charge in [-0.1, -0.05) is 45.9 Å². The van der Waals surface area contributed by atoms with Gasteiger partial charge >= 0.3 is 6.03 Å². The molecular formula is C21H27N3O2. The molecule has 0 aromatic heterocycles. The summed E-state index contributed by atoms with van der Waals surface area (Å²) in [4.78, 5) is 24.2. The molecule has 138 valence electrons. The molecule has 0 unspecified atom stereocenters. The lowest BCUT2D eigenvalue weighted by atomic mass is 9.87. The second kappa shape index (κ2) is 8.52. The molecule has 0 spiro atoms. The Hall–Kier alpha value is -2.82. The minimum Gasteiger partial charge on any atom is -0.338 e. The standard InChI is InChI=1S/C21H27N3O2/c1-5-13-22-20(26)24-18-8-6-7-17(14-18)23-19(25)15-9-11-16(12-10-15)21(2,3)4/h6-12,14H,5,13H2,1-4H3,(H,23,25)(H2,22,24,26). The number of carbonyl (C=O) groups excluding carboxylic acids is 2. The molecule has 0 heterocycles. The van der Waals surface area contributed by atoms with Gasteiger partial charge in [0.25, 0.3) is 5.91 Å². The molecule has 0 fully saturated rings. The lowest BCUT2D eigenvalue weighted by molar-refractivity contribution is 0.102. The van der Waals surface area contributed by atoms with E-state index in [1.165, 1.54) is 5.56 Å². The van der Waals surface area contributed by atoms with Crippen LogP contribution in [0.1, 0.15) is 50.0 Å². The van der Waals surface area contributed by atoms with Crippen molar-refractivity contribution >= 4 is 23.3 Å². The summed E-state index contributed by atoms with van der Waals surface area (Å²) in [6.45, 7) is 9.02. The van der Waals surface area contributed by atoms with Gasteiger partial charge in [0, 0.05) is 23.5 Å². The molecule has 2 aromatic rings. The summed E-state index contributed by atoms with van der Waals surface area (Å²) in [5, 5.41) is 8.36. The van der Waals surface area contributed by atoms with Gasteiger partial charge in [0.15, 0.2) is 0 Å². The van der Waals surface area contributed by atoms with E-state index in [1.54, 1.807) is 24.3 Å². The van der Waals surface area contributed by atoms with Gasteiger partial charge in [-0.25, -0.2) is 4.79 Å². The lowest BCUT2D eigenvalue weighted by Gasteiger charge is -2.19. The monoisotopic (exact) mass is 353 g/mol. The van der Waals surface area contributed by atoms with Crippen LogP contribution in [0.5, 0.6) is 0 Å². The van der Waals surface area contributed by atoms with Crippen LogP contribution >= 0.6 is 0 Å². The summed E-state index contributed by atoms with van der Waals surface area (Å²) in [6, 6.07) is 14.4. The van der Waals surface area contributed by atoms with E-state index in [0.29, 0.717) is 23.5 Å². The number of urea groups is 1. The molecule has 0 radical (unpaired) electrons. The van der Waals surface area contributed by atoms with E-state index >= 15 is 0 Å². The zero-order chi connectivity index (χ0) is 19.2. The van der Waals surface area contributed by atoms with Crippen LogP contribution in [0.25, 0.3) is 0 Å². The van der Waals surface area contributed by atoms with Crippen molar-refractivity contribution in [2.45, 2.75) is 39.5 Å². The number of amides is 3. The number of hydrogen-bond acceptors (Lipinski definition) is 2. The van der Waals surface area contributed by atoms with Crippen molar-refractivity contribution in [3.8, 4) is 0 Å². The third-order valence-corrected chi connectivity index (χ3v) is 3.93. The first-order valence-electron chi connectivity index (χ1n) is 8.86. The molecule has 0 aliphatic rings. The maximum Gasteiger partial charge on any atom is 0.319 e. The van der Waals surface area contributed by atoms with Gasteiger partial charge in [0.1, 0.15) is 0 Å². The topological polar surface area (TPSA) is 70.2 Å². The highest BCUT2D eigenvalue weighted by Crippen LogP contribution is 2.22. The smallest absolute Gasteiger partial charge is 0.319 e. The molecule has 0 atom stereocenters. The number of hydrogen-bond donors (Lipinski definition) is 3. The minimum absolute atomic E-state index is 0.0490. The van der Waals surface area contributed by atoms with Crippen molar-refractivity contribution in [3.63, 3.8) is 0 Å². The van der Waals surface area contributed by atoms with Gasteiger partial charge in [-0.15, -0.1) is 0 Å². The fraction of sp³-hybridized carbons (Fsp3) is 0.333. The highest BCUT2D eigenvalue weighted by molar-refractivity contribution is 6.04. The molecule has 5 heteroatoms. The lowest BCUT2D eigenvalue weighted by Crippen LogP contribution is -2.29. The van der Waals surface area contributed by atoms with Gasteiger partial charge in [-0.2, -0.15) is 0 Å². The summed E-state index contributed by atoms with van der Waals surface area (Å²) in [7, 11) is 0. The zero-order valence-corrected chi connectivity index (χ0v) is 15.8. The molecule has 0 saturated heterocycles. The highest BCUT2D eigenvalue weighted by Gasteiger charge is 2.14. The fourth-order valence-electron chi connectivity index (χ4n) is 2.41. The third kappa shape index (κ3) is 5.62. The highest BCUT2D eigenvalue weighted by atomic mass is 16.2. The van der Waals surface area contributed by atoms with Crippen molar-refractivity contribution in [1.29, 1.82) is 0 Å². The van der Waals surface area contributed by atoms with Crippen molar-refractivity contribution in [1.82, 2.24) is 5.32 Å². The van der Waals surface area contributed by atoms with Crippen LogP contribution in [0.4, 0.5) is 16.2 Å². The van der Waals surface area contributed by atoms with Gasteiger partial charge < -0.3 is 16.0 Å². The number of rotatable bonds is 5. The Balaban J connectivity index is 2.03. The molecular weight excluding hydrogens is 326 g/mol. The normalized spacial score (nSPS) is 10.9. The van der Waals surface area contributed by atoms with Gasteiger partial charge in [-0.05, 0) is 47.7 Å². The quantitative estimate of drug-likeness (QED) is 0.725. The molecule has 0 bridgehead atoms. The van der Waals surface area contributed by atoms with Crippen molar-refractivity contribution < 1.29 is 9.59 Å². The maximum absolute atomic E-state index is 12.4. The van der Waals surface area contributed by atoms with Gasteiger partial charge in [-0.3, -0.25) is 4.79 Å². The average molecular weight is 353 g/mol. The second-order valence-corrected chi connectivity index (χ2v) is 7.24. The predicted octanol–water partition coefficient (Wildman–Crippen LogP) is 4.77. The summed E-state index contributed by atoms with van der Waals surface area (Å²) in [5.74, 6) is -0.182. The first kappa shape index (κ1) is 19.5. The molecule has 0 aliphatic carbocycles. The van der Waals surface area contributed by atoms with E-state index in [9.17, 15) is 9.59 Å². The number of nitrogens with one attached hydrogen (secondary N) is 3. The van der Waals surface area contributed by atoms with Crippen LogP contribution < -0.4 is 16.0 Å². The summed E-state index contributed by atoms with van der Waals surface area (Å²) >= 11 is 0. The molecule has 3 amide bonds. The minimum atomic E-state index is -0.256. The Morgan fingerprint density at radius 3 is 2.12 bits per heavy atom.